The molecule has 0 fully saturated rings. The largest absolute Gasteiger partial charge is 0.330 e. The van der Waals surface area contributed by atoms with Gasteiger partial charge in [-0.05, 0) is 41.1 Å². The number of hydrogen-bond acceptors (Lipinski definition) is 3. The number of benzene rings is 1. The van der Waals surface area contributed by atoms with Crippen molar-refractivity contribution in [2.24, 2.45) is 0 Å². The zero-order valence-corrected chi connectivity index (χ0v) is 14.2. The maximum Gasteiger partial charge on any atom is 0.237 e. The third-order valence-electron chi connectivity index (χ3n) is 4.13. The van der Waals surface area contributed by atoms with E-state index in [4.69, 9.17) is 0 Å². The Morgan fingerprint density at radius 3 is 2.78 bits per heavy atom. The highest BCUT2D eigenvalue weighted by Gasteiger charge is 2.32. The molecule has 1 aromatic heterocycles. The van der Waals surface area contributed by atoms with E-state index in [0.29, 0.717) is 13.1 Å². The van der Waals surface area contributed by atoms with E-state index in [1.54, 1.807) is 23.5 Å². The molecule has 0 saturated carbocycles. The third kappa shape index (κ3) is 3.46. The lowest BCUT2D eigenvalue weighted by molar-refractivity contribution is -0.132. The maximum atomic E-state index is 13.3. The van der Waals surface area contributed by atoms with E-state index < -0.39 is 0 Å². The number of fused-ring (bicyclic) bond motifs is 1. The Bertz CT molecular complexity index is 681. The zero-order valence-electron chi connectivity index (χ0n) is 13.4. The lowest BCUT2D eigenvalue weighted by atomic mass is 9.93. The SMILES string of the molecule is CC(C)NCC(=O)N1CCc2sccc2[C@@H]1c1ccc(F)cc1. The second-order valence-corrected chi connectivity index (χ2v) is 7.13. The predicted molar refractivity (Wildman–Crippen MR) is 91.1 cm³/mol. The summed E-state index contributed by atoms with van der Waals surface area (Å²) < 4.78 is 13.3. The number of nitrogens with zero attached hydrogens (tertiary/aromatic N) is 1. The molecule has 0 aliphatic carbocycles. The molecule has 23 heavy (non-hydrogen) atoms. The summed E-state index contributed by atoms with van der Waals surface area (Å²) >= 11 is 1.73. The summed E-state index contributed by atoms with van der Waals surface area (Å²) in [6, 6.07) is 8.72. The van der Waals surface area contributed by atoms with Gasteiger partial charge in [0.15, 0.2) is 0 Å². The van der Waals surface area contributed by atoms with Gasteiger partial charge in [0.25, 0.3) is 0 Å². The fourth-order valence-corrected chi connectivity index (χ4v) is 3.89. The van der Waals surface area contributed by atoms with Crippen LogP contribution in [0.1, 0.15) is 35.9 Å². The highest BCUT2D eigenvalue weighted by Crippen LogP contribution is 2.37. The highest BCUT2D eigenvalue weighted by molar-refractivity contribution is 7.10. The van der Waals surface area contributed by atoms with Gasteiger partial charge in [-0.1, -0.05) is 26.0 Å². The van der Waals surface area contributed by atoms with Crippen molar-refractivity contribution in [2.75, 3.05) is 13.1 Å². The molecule has 122 valence electrons. The molecule has 0 spiro atoms. The summed E-state index contributed by atoms with van der Waals surface area (Å²) in [5, 5.41) is 5.26. The van der Waals surface area contributed by atoms with Crippen LogP contribution in [0.15, 0.2) is 35.7 Å². The van der Waals surface area contributed by atoms with E-state index in [1.165, 1.54) is 22.6 Å². The second kappa shape index (κ2) is 6.81. The number of hydrogen-bond donors (Lipinski definition) is 1. The summed E-state index contributed by atoms with van der Waals surface area (Å²) in [5.74, 6) is -0.167. The van der Waals surface area contributed by atoms with Gasteiger partial charge < -0.3 is 10.2 Å². The first kappa shape index (κ1) is 16.1. The number of amides is 1. The first-order chi connectivity index (χ1) is 11.1. The van der Waals surface area contributed by atoms with Crippen molar-refractivity contribution in [2.45, 2.75) is 32.4 Å². The average molecular weight is 332 g/mol. The minimum Gasteiger partial charge on any atom is -0.330 e. The van der Waals surface area contributed by atoms with Crippen LogP contribution in [-0.4, -0.2) is 29.9 Å². The van der Waals surface area contributed by atoms with E-state index >= 15 is 0 Å². The Hall–Kier alpha value is -1.72. The lowest BCUT2D eigenvalue weighted by Crippen LogP contribution is -2.45. The quantitative estimate of drug-likeness (QED) is 0.931. The first-order valence-electron chi connectivity index (χ1n) is 7.91. The molecule has 3 nitrogen and oxygen atoms in total. The van der Waals surface area contributed by atoms with E-state index in [1.807, 2.05) is 18.7 Å². The monoisotopic (exact) mass is 332 g/mol. The van der Waals surface area contributed by atoms with Crippen molar-refractivity contribution >= 4 is 17.2 Å². The minimum atomic E-state index is -0.255. The van der Waals surface area contributed by atoms with Gasteiger partial charge in [-0.25, -0.2) is 4.39 Å². The number of thiophene rings is 1. The molecule has 1 N–H and O–H groups in total. The van der Waals surface area contributed by atoms with Crippen molar-refractivity contribution in [3.8, 4) is 0 Å². The van der Waals surface area contributed by atoms with Crippen LogP contribution in [0.5, 0.6) is 0 Å². The molecular weight excluding hydrogens is 311 g/mol. The maximum absolute atomic E-state index is 13.3. The number of nitrogens with one attached hydrogen (secondary N) is 1. The molecule has 2 heterocycles. The lowest BCUT2D eigenvalue weighted by Gasteiger charge is -2.36. The standard InChI is InChI=1S/C18H21FN2OS/c1-12(2)20-11-17(22)21-9-7-16-15(8-10-23-16)18(21)13-3-5-14(19)6-4-13/h3-6,8,10,12,18,20H,7,9,11H2,1-2H3/t18-/m0/s1. The Morgan fingerprint density at radius 2 is 2.09 bits per heavy atom. The van der Waals surface area contributed by atoms with Crippen LogP contribution in [0.25, 0.3) is 0 Å². The molecule has 1 aromatic carbocycles. The van der Waals surface area contributed by atoms with Gasteiger partial charge in [-0.3, -0.25) is 4.79 Å². The van der Waals surface area contributed by atoms with Crippen LogP contribution in [0, 0.1) is 5.82 Å². The molecule has 1 atom stereocenters. The second-order valence-electron chi connectivity index (χ2n) is 6.13. The molecule has 0 saturated heterocycles. The summed E-state index contributed by atoms with van der Waals surface area (Å²) in [6.45, 7) is 5.08. The Morgan fingerprint density at radius 1 is 1.35 bits per heavy atom. The van der Waals surface area contributed by atoms with Gasteiger partial charge in [-0.2, -0.15) is 0 Å². The van der Waals surface area contributed by atoms with E-state index in [-0.39, 0.29) is 23.8 Å². The van der Waals surface area contributed by atoms with Gasteiger partial charge in [0.05, 0.1) is 12.6 Å². The zero-order chi connectivity index (χ0) is 16.4. The molecule has 2 aromatic rings. The fraction of sp³-hybridized carbons (Fsp3) is 0.389. The number of halogens is 1. The van der Waals surface area contributed by atoms with E-state index in [2.05, 4.69) is 16.8 Å². The van der Waals surface area contributed by atoms with Crippen molar-refractivity contribution in [1.29, 1.82) is 0 Å². The van der Waals surface area contributed by atoms with Gasteiger partial charge in [0.1, 0.15) is 5.82 Å². The number of carbonyl (C=O) groups is 1. The molecule has 3 rings (SSSR count). The van der Waals surface area contributed by atoms with Gasteiger partial charge in [-0.15, -0.1) is 11.3 Å². The average Bonchev–Trinajstić information content (AvgIpc) is 3.01. The molecule has 1 amide bonds. The number of rotatable bonds is 4. The van der Waals surface area contributed by atoms with Crippen LogP contribution < -0.4 is 5.32 Å². The minimum absolute atomic E-state index is 0.0878. The van der Waals surface area contributed by atoms with E-state index in [9.17, 15) is 9.18 Å². The predicted octanol–water partition coefficient (Wildman–Crippen LogP) is 3.36. The topological polar surface area (TPSA) is 32.3 Å². The fourth-order valence-electron chi connectivity index (χ4n) is 2.98. The normalized spacial score (nSPS) is 17.4. The Labute approximate surface area is 140 Å². The summed E-state index contributed by atoms with van der Waals surface area (Å²) in [7, 11) is 0. The smallest absolute Gasteiger partial charge is 0.237 e. The third-order valence-corrected chi connectivity index (χ3v) is 5.13. The first-order valence-corrected chi connectivity index (χ1v) is 8.79. The molecular formula is C18H21FN2OS. The Balaban J connectivity index is 1.92. The molecule has 0 bridgehead atoms. The van der Waals surface area contributed by atoms with Gasteiger partial charge >= 0.3 is 0 Å². The van der Waals surface area contributed by atoms with Gasteiger partial charge in [0.2, 0.25) is 5.91 Å². The Kier molecular flexibility index (Phi) is 4.78. The summed E-state index contributed by atoms with van der Waals surface area (Å²) in [5.41, 5.74) is 2.13. The van der Waals surface area contributed by atoms with Crippen LogP contribution in [0.4, 0.5) is 4.39 Å². The number of carbonyl (C=O) groups excluding carboxylic acids is 1. The summed E-state index contributed by atoms with van der Waals surface area (Å²) in [4.78, 5) is 15.9. The molecule has 1 aliphatic heterocycles. The van der Waals surface area contributed by atoms with Crippen molar-refractivity contribution in [1.82, 2.24) is 10.2 Å². The molecule has 0 unspecified atom stereocenters. The van der Waals surface area contributed by atoms with Crippen molar-refractivity contribution < 1.29 is 9.18 Å². The van der Waals surface area contributed by atoms with Crippen LogP contribution in [0.2, 0.25) is 0 Å². The molecule has 0 radical (unpaired) electrons. The summed E-state index contributed by atoms with van der Waals surface area (Å²) in [6.07, 6.45) is 0.887. The van der Waals surface area contributed by atoms with Gasteiger partial charge in [0, 0.05) is 17.5 Å². The van der Waals surface area contributed by atoms with Crippen LogP contribution >= 0.6 is 11.3 Å². The van der Waals surface area contributed by atoms with Crippen LogP contribution in [-0.2, 0) is 11.2 Å². The molecule has 5 heteroatoms. The highest BCUT2D eigenvalue weighted by atomic mass is 32.1. The van der Waals surface area contributed by atoms with Crippen molar-refractivity contribution in [3.05, 3.63) is 57.5 Å². The molecule has 1 aliphatic rings. The van der Waals surface area contributed by atoms with E-state index in [0.717, 1.165) is 12.0 Å². The van der Waals surface area contributed by atoms with Crippen molar-refractivity contribution in [3.63, 3.8) is 0 Å². The van der Waals surface area contributed by atoms with Crippen LogP contribution in [0.3, 0.4) is 0 Å².